The van der Waals surface area contributed by atoms with Gasteiger partial charge in [-0.1, -0.05) is 103 Å². The summed E-state index contributed by atoms with van der Waals surface area (Å²) >= 11 is 1.54. The number of benzene rings is 3. The van der Waals surface area contributed by atoms with Crippen LogP contribution in [0.1, 0.15) is 96.6 Å². The Hall–Kier alpha value is -1.96. The van der Waals surface area contributed by atoms with Crippen molar-refractivity contribution in [1.29, 1.82) is 0 Å². The third-order valence-electron chi connectivity index (χ3n) is 9.92. The summed E-state index contributed by atoms with van der Waals surface area (Å²) in [5, 5.41) is 7.17. The van der Waals surface area contributed by atoms with Gasteiger partial charge in [0.1, 0.15) is 0 Å². The maximum absolute atomic E-state index is 3.43. The summed E-state index contributed by atoms with van der Waals surface area (Å²) < 4.78 is 1.55. The average molecular weight is 771 g/mol. The second kappa shape index (κ2) is 15.1. The zero-order valence-electron chi connectivity index (χ0n) is 31.0. The van der Waals surface area contributed by atoms with Crippen molar-refractivity contribution >= 4 is 44.0 Å². The van der Waals surface area contributed by atoms with Gasteiger partial charge in [0.15, 0.2) is 0 Å². The standard InChI is InChI=1S/C25H25.C10H17Si.C9H10.2ClH.Zr/c1-14-12-24(3,4)22-8-16-7-17-9-23-19(15(2)13-25(23,5)6)11-21(17)20(16)10-18(14)22;1-8-6-9(2)10(7-8)11(3,4)5;1-2-6-9-7-4-3-5-8-9;;;/h7-13H,1-6H3;7-8H,1-5H3;3-5,7-8H,2H2,1H3;2*1H;/q2*-1;;;;+2/p-2. The van der Waals surface area contributed by atoms with E-state index in [0.29, 0.717) is 5.92 Å². The summed E-state index contributed by atoms with van der Waals surface area (Å²) in [6.07, 6.45) is 11.8. The van der Waals surface area contributed by atoms with Crippen LogP contribution in [0.4, 0.5) is 0 Å². The number of allylic oxidation sites excluding steroid dienone is 8. The van der Waals surface area contributed by atoms with E-state index in [1.54, 1.807) is 8.40 Å². The van der Waals surface area contributed by atoms with Crippen LogP contribution in [0.2, 0.25) is 19.6 Å². The third-order valence-corrected chi connectivity index (χ3v) is 13.7. The Bertz CT molecular complexity index is 1870. The summed E-state index contributed by atoms with van der Waals surface area (Å²) in [5.74, 6) is 0.553. The van der Waals surface area contributed by atoms with Crippen LogP contribution in [0.15, 0.2) is 89.7 Å². The van der Waals surface area contributed by atoms with Crippen LogP contribution < -0.4 is 24.8 Å². The van der Waals surface area contributed by atoms with Crippen LogP contribution in [0.3, 0.4) is 0 Å². The van der Waals surface area contributed by atoms with Gasteiger partial charge in [-0.05, 0) is 44.2 Å². The van der Waals surface area contributed by atoms with Crippen LogP contribution in [-0.4, -0.2) is 11.3 Å². The number of hydrogen-bond donors (Lipinski definition) is 0. The minimum atomic E-state index is -1.07. The molecule has 0 heterocycles. The average Bonchev–Trinajstić information content (AvgIpc) is 3.65. The van der Waals surface area contributed by atoms with Gasteiger partial charge >= 0.3 is 76.7 Å². The molecule has 0 N–H and O–H groups in total. The van der Waals surface area contributed by atoms with Crippen LogP contribution in [0.5, 0.6) is 0 Å². The molecule has 0 amide bonds. The van der Waals surface area contributed by atoms with Gasteiger partial charge in [0.2, 0.25) is 0 Å². The van der Waals surface area contributed by atoms with Crippen molar-refractivity contribution in [2.24, 2.45) is 5.92 Å². The minimum Gasteiger partial charge on any atom is -1.00 e. The molecule has 3 aliphatic carbocycles. The Morgan fingerprint density at radius 2 is 1.25 bits per heavy atom. The molecule has 0 bridgehead atoms. The molecule has 7 rings (SSSR count). The Balaban J connectivity index is 0.000000228. The van der Waals surface area contributed by atoms with E-state index >= 15 is 0 Å². The van der Waals surface area contributed by atoms with E-state index < -0.39 is 8.07 Å². The van der Waals surface area contributed by atoms with Gasteiger partial charge in [-0.15, -0.1) is 39.7 Å². The van der Waals surface area contributed by atoms with E-state index in [2.05, 4.69) is 167 Å². The Kier molecular flexibility index (Phi) is 12.7. The van der Waals surface area contributed by atoms with Crippen molar-refractivity contribution in [2.75, 3.05) is 0 Å². The molecule has 0 nitrogen and oxygen atoms in total. The molecule has 1 unspecified atom stereocenters. The molecule has 3 aliphatic rings. The van der Waals surface area contributed by atoms with Crippen LogP contribution >= 0.6 is 0 Å². The van der Waals surface area contributed by atoms with Gasteiger partial charge in [0.25, 0.3) is 0 Å². The number of hydrogen-bond acceptors (Lipinski definition) is 0. The zero-order valence-corrected chi connectivity index (χ0v) is 36.0. The first-order chi connectivity index (χ1) is 21.4. The molecule has 4 heteroatoms. The maximum Gasteiger partial charge on any atom is -1.00 e. The predicted molar refractivity (Wildman–Crippen MR) is 204 cm³/mol. The molecule has 4 aromatic rings. The first-order valence-corrected chi connectivity index (χ1v) is 21.7. The minimum absolute atomic E-state index is 0. The Labute approximate surface area is 319 Å². The zero-order chi connectivity index (χ0) is 33.8. The molecule has 0 saturated heterocycles. The van der Waals surface area contributed by atoms with E-state index in [1.807, 2.05) is 0 Å². The summed E-state index contributed by atoms with van der Waals surface area (Å²) in [7, 11) is -1.07. The fourth-order valence-electron chi connectivity index (χ4n) is 7.71. The first kappa shape index (κ1) is 40.5. The first-order valence-electron chi connectivity index (χ1n) is 17.0. The molecule has 1 atom stereocenters. The van der Waals surface area contributed by atoms with Gasteiger partial charge in [0.05, 0.1) is 0 Å². The third kappa shape index (κ3) is 8.15. The van der Waals surface area contributed by atoms with E-state index in [0.717, 1.165) is 0 Å². The molecule has 0 spiro atoms. The SMILES string of the molecule is CC1=CC(C)(C)c2cc3[cH-]c4cc5c(cc4c3cc21)C(C)=CC5(C)C.CC1=[C-]C(C)C=C1[Si](C)(C)C.CC[C](=[Zr+2])c1ccccc1.[Cl-].[Cl-]. The predicted octanol–water partition coefficient (Wildman–Crippen LogP) is 6.46. The monoisotopic (exact) mass is 768 g/mol. The molecule has 0 aromatic heterocycles. The summed E-state index contributed by atoms with van der Waals surface area (Å²) in [6, 6.07) is 22.7. The van der Waals surface area contributed by atoms with Crippen molar-refractivity contribution in [2.45, 2.75) is 99.2 Å². The number of halogens is 2. The van der Waals surface area contributed by atoms with Gasteiger partial charge in [-0.2, -0.15) is 6.08 Å². The van der Waals surface area contributed by atoms with E-state index in [1.165, 1.54) is 96.7 Å². The van der Waals surface area contributed by atoms with Crippen molar-refractivity contribution in [1.82, 2.24) is 0 Å². The summed E-state index contributed by atoms with van der Waals surface area (Å²) in [4.78, 5) is 0. The summed E-state index contributed by atoms with van der Waals surface area (Å²) in [6.45, 7) is 27.6. The van der Waals surface area contributed by atoms with E-state index in [4.69, 9.17) is 0 Å². The second-order valence-electron chi connectivity index (χ2n) is 15.8. The second-order valence-corrected chi connectivity index (χ2v) is 22.3. The molecular formula is C44H52Cl2SiZr-2. The van der Waals surface area contributed by atoms with Gasteiger partial charge in [-0.25, -0.2) is 10.8 Å². The quantitative estimate of drug-likeness (QED) is 0.166. The van der Waals surface area contributed by atoms with Gasteiger partial charge in [-0.3, -0.25) is 6.08 Å². The largest absolute Gasteiger partial charge is 1.00 e. The summed E-state index contributed by atoms with van der Waals surface area (Å²) in [5.41, 5.74) is 11.7. The molecule has 0 fully saturated rings. The van der Waals surface area contributed by atoms with E-state index in [-0.39, 0.29) is 35.6 Å². The molecule has 252 valence electrons. The molecule has 0 radical (unpaired) electrons. The maximum atomic E-state index is 3.43. The van der Waals surface area contributed by atoms with Gasteiger partial charge < -0.3 is 24.8 Å². The van der Waals surface area contributed by atoms with Crippen molar-refractivity contribution in [3.05, 3.63) is 124 Å². The van der Waals surface area contributed by atoms with Crippen molar-refractivity contribution < 1.29 is 49.0 Å². The fourth-order valence-corrected chi connectivity index (χ4v) is 10.1. The van der Waals surface area contributed by atoms with Crippen LogP contribution in [0.25, 0.3) is 32.7 Å². The molecule has 48 heavy (non-hydrogen) atoms. The fraction of sp³-hybridized carbons (Fsp3) is 0.364. The normalized spacial score (nSPS) is 18.1. The van der Waals surface area contributed by atoms with E-state index in [9.17, 15) is 0 Å². The van der Waals surface area contributed by atoms with Crippen molar-refractivity contribution in [3.8, 4) is 0 Å². The molecular weight excluding hydrogens is 719 g/mol. The number of rotatable bonds is 3. The smallest absolute Gasteiger partial charge is 1.00 e. The Morgan fingerprint density at radius 3 is 1.60 bits per heavy atom. The van der Waals surface area contributed by atoms with Crippen molar-refractivity contribution in [3.63, 3.8) is 0 Å². The van der Waals surface area contributed by atoms with Crippen LogP contribution in [0, 0.1) is 12.0 Å². The van der Waals surface area contributed by atoms with Gasteiger partial charge in [0, 0.05) is 10.8 Å². The Morgan fingerprint density at radius 1 is 0.792 bits per heavy atom. The van der Waals surface area contributed by atoms with Crippen LogP contribution in [-0.2, 0) is 35.1 Å². The topological polar surface area (TPSA) is 0 Å². The number of fused-ring (bicyclic) bond motifs is 5. The molecule has 0 saturated carbocycles. The molecule has 0 aliphatic heterocycles. The molecule has 4 aromatic carbocycles.